The van der Waals surface area contributed by atoms with Crippen LogP contribution < -0.4 is 15.5 Å². The predicted molar refractivity (Wildman–Crippen MR) is 116 cm³/mol. The zero-order valence-electron chi connectivity index (χ0n) is 17.2. The minimum atomic E-state index is -0.121. The Hall–Kier alpha value is -2.93. The van der Waals surface area contributed by atoms with E-state index in [-0.39, 0.29) is 17.9 Å². The molecule has 0 spiro atoms. The number of carbonyl (C=O) groups is 2. The van der Waals surface area contributed by atoms with Crippen molar-refractivity contribution < 1.29 is 9.59 Å². The molecule has 158 valence electrons. The third kappa shape index (κ3) is 4.97. The first kappa shape index (κ1) is 20.3. The van der Waals surface area contributed by atoms with Crippen LogP contribution in [0.25, 0.3) is 0 Å². The Morgan fingerprint density at radius 1 is 1.17 bits per heavy atom. The van der Waals surface area contributed by atoms with Gasteiger partial charge in [-0.05, 0) is 30.5 Å². The van der Waals surface area contributed by atoms with E-state index in [1.165, 1.54) is 5.56 Å². The number of benzene rings is 1. The van der Waals surface area contributed by atoms with E-state index in [9.17, 15) is 9.59 Å². The quantitative estimate of drug-likeness (QED) is 0.687. The molecule has 3 heterocycles. The summed E-state index contributed by atoms with van der Waals surface area (Å²) >= 11 is 0. The number of nitrogens with one attached hydrogen (secondary N) is 2. The van der Waals surface area contributed by atoms with Crippen LogP contribution in [0.4, 0.5) is 5.82 Å². The molecular formula is C23H29N5O2. The minimum absolute atomic E-state index is 0.121. The summed E-state index contributed by atoms with van der Waals surface area (Å²) in [7, 11) is 0. The zero-order chi connectivity index (χ0) is 20.8. The summed E-state index contributed by atoms with van der Waals surface area (Å²) in [5.41, 5.74) is 1.83. The maximum atomic E-state index is 12.4. The zero-order valence-corrected chi connectivity index (χ0v) is 17.2. The average molecular weight is 408 g/mol. The SMILES string of the molecule is O=C(NCCCN1CCCC1=O)c1ccc(N2CCNC(c3ccccc3)C2)nc1. The average Bonchev–Trinajstić information content (AvgIpc) is 3.22. The van der Waals surface area contributed by atoms with Crippen molar-refractivity contribution in [2.45, 2.75) is 25.3 Å². The number of rotatable bonds is 7. The number of nitrogens with zero attached hydrogens (tertiary/aromatic N) is 3. The number of hydrogen-bond acceptors (Lipinski definition) is 5. The highest BCUT2D eigenvalue weighted by atomic mass is 16.2. The smallest absolute Gasteiger partial charge is 0.252 e. The number of amides is 2. The molecule has 1 aromatic carbocycles. The lowest BCUT2D eigenvalue weighted by molar-refractivity contribution is -0.127. The third-order valence-electron chi connectivity index (χ3n) is 5.77. The highest BCUT2D eigenvalue weighted by Crippen LogP contribution is 2.21. The van der Waals surface area contributed by atoms with E-state index < -0.39 is 0 Å². The molecule has 2 amide bonds. The van der Waals surface area contributed by atoms with Gasteiger partial charge in [-0.3, -0.25) is 9.59 Å². The highest BCUT2D eigenvalue weighted by Gasteiger charge is 2.22. The van der Waals surface area contributed by atoms with Crippen LogP contribution in [0, 0.1) is 0 Å². The monoisotopic (exact) mass is 407 g/mol. The number of hydrogen-bond donors (Lipinski definition) is 2. The van der Waals surface area contributed by atoms with Crippen LogP contribution in [0.2, 0.25) is 0 Å². The molecule has 1 aromatic heterocycles. The van der Waals surface area contributed by atoms with Crippen LogP contribution in [0.3, 0.4) is 0 Å². The van der Waals surface area contributed by atoms with Gasteiger partial charge in [-0.25, -0.2) is 4.98 Å². The molecule has 0 saturated carbocycles. The summed E-state index contributed by atoms with van der Waals surface area (Å²) in [4.78, 5) is 32.6. The number of likely N-dealkylation sites (tertiary alicyclic amines) is 1. The van der Waals surface area contributed by atoms with E-state index in [2.05, 4.69) is 44.8 Å². The van der Waals surface area contributed by atoms with E-state index >= 15 is 0 Å². The summed E-state index contributed by atoms with van der Waals surface area (Å²) in [6, 6.07) is 14.5. The van der Waals surface area contributed by atoms with Crippen molar-refractivity contribution in [1.82, 2.24) is 20.5 Å². The van der Waals surface area contributed by atoms with Crippen LogP contribution in [0.1, 0.15) is 41.2 Å². The van der Waals surface area contributed by atoms with Crippen molar-refractivity contribution in [3.05, 3.63) is 59.8 Å². The fraction of sp³-hybridized carbons (Fsp3) is 0.435. The number of aromatic nitrogens is 1. The number of piperazine rings is 1. The van der Waals surface area contributed by atoms with Crippen LogP contribution in [0.15, 0.2) is 48.7 Å². The van der Waals surface area contributed by atoms with Gasteiger partial charge in [0.1, 0.15) is 5.82 Å². The standard InChI is InChI=1S/C23H29N5O2/c29-22-8-4-13-27(22)14-5-11-25-23(30)19-9-10-21(26-16-19)28-15-12-24-20(17-28)18-6-2-1-3-7-18/h1-3,6-7,9-10,16,20,24H,4-5,8,11-15,17H2,(H,25,30). The lowest BCUT2D eigenvalue weighted by Crippen LogP contribution is -2.46. The van der Waals surface area contributed by atoms with Gasteiger partial charge in [0.15, 0.2) is 0 Å². The van der Waals surface area contributed by atoms with Gasteiger partial charge in [0.2, 0.25) is 5.91 Å². The molecular weight excluding hydrogens is 378 g/mol. The first-order chi connectivity index (χ1) is 14.7. The lowest BCUT2D eigenvalue weighted by atomic mass is 10.0. The number of anilines is 1. The van der Waals surface area contributed by atoms with Gasteiger partial charge in [-0.1, -0.05) is 30.3 Å². The second kappa shape index (κ2) is 9.71. The van der Waals surface area contributed by atoms with Gasteiger partial charge in [0, 0.05) is 57.9 Å². The lowest BCUT2D eigenvalue weighted by Gasteiger charge is -2.34. The minimum Gasteiger partial charge on any atom is -0.353 e. The molecule has 0 aliphatic carbocycles. The van der Waals surface area contributed by atoms with Crippen molar-refractivity contribution >= 4 is 17.6 Å². The van der Waals surface area contributed by atoms with Crippen molar-refractivity contribution in [3.63, 3.8) is 0 Å². The Kier molecular flexibility index (Phi) is 6.59. The number of carbonyl (C=O) groups excluding carboxylic acids is 2. The normalized spacial score (nSPS) is 19.2. The number of pyridine rings is 1. The molecule has 2 saturated heterocycles. The molecule has 4 rings (SSSR count). The van der Waals surface area contributed by atoms with Crippen molar-refractivity contribution in [2.24, 2.45) is 0 Å². The molecule has 7 nitrogen and oxygen atoms in total. The van der Waals surface area contributed by atoms with E-state index in [0.29, 0.717) is 25.1 Å². The van der Waals surface area contributed by atoms with Gasteiger partial charge in [-0.2, -0.15) is 0 Å². The van der Waals surface area contributed by atoms with Crippen LogP contribution >= 0.6 is 0 Å². The van der Waals surface area contributed by atoms with E-state index in [1.807, 2.05) is 23.1 Å². The molecule has 2 aliphatic rings. The summed E-state index contributed by atoms with van der Waals surface area (Å²) in [6.45, 7) is 4.73. The van der Waals surface area contributed by atoms with Crippen molar-refractivity contribution in [2.75, 3.05) is 44.2 Å². The molecule has 2 fully saturated rings. The summed E-state index contributed by atoms with van der Waals surface area (Å²) < 4.78 is 0. The van der Waals surface area contributed by atoms with Crippen LogP contribution in [0.5, 0.6) is 0 Å². The molecule has 2 N–H and O–H groups in total. The molecule has 2 aromatic rings. The van der Waals surface area contributed by atoms with Crippen molar-refractivity contribution in [1.29, 1.82) is 0 Å². The van der Waals surface area contributed by atoms with E-state index in [4.69, 9.17) is 0 Å². The Morgan fingerprint density at radius 2 is 2.03 bits per heavy atom. The molecule has 1 atom stereocenters. The highest BCUT2D eigenvalue weighted by molar-refractivity contribution is 5.94. The molecule has 0 bridgehead atoms. The molecule has 0 radical (unpaired) electrons. The third-order valence-corrected chi connectivity index (χ3v) is 5.77. The first-order valence-corrected chi connectivity index (χ1v) is 10.8. The predicted octanol–water partition coefficient (Wildman–Crippen LogP) is 1.97. The van der Waals surface area contributed by atoms with E-state index in [0.717, 1.165) is 44.8 Å². The molecule has 7 heteroatoms. The second-order valence-corrected chi connectivity index (χ2v) is 7.86. The molecule has 2 aliphatic heterocycles. The summed E-state index contributed by atoms with van der Waals surface area (Å²) in [6.07, 6.45) is 4.02. The maximum absolute atomic E-state index is 12.4. The van der Waals surface area contributed by atoms with Gasteiger partial charge in [0.25, 0.3) is 5.91 Å². The molecule has 1 unspecified atom stereocenters. The van der Waals surface area contributed by atoms with Crippen LogP contribution in [-0.4, -0.2) is 61.0 Å². The summed E-state index contributed by atoms with van der Waals surface area (Å²) in [5.74, 6) is 0.995. The van der Waals surface area contributed by atoms with Gasteiger partial charge in [-0.15, -0.1) is 0 Å². The fourth-order valence-corrected chi connectivity index (χ4v) is 4.09. The summed E-state index contributed by atoms with van der Waals surface area (Å²) in [5, 5.41) is 6.48. The fourth-order valence-electron chi connectivity index (χ4n) is 4.09. The van der Waals surface area contributed by atoms with Crippen LogP contribution in [-0.2, 0) is 4.79 Å². The second-order valence-electron chi connectivity index (χ2n) is 7.86. The Morgan fingerprint density at radius 3 is 2.77 bits per heavy atom. The largest absolute Gasteiger partial charge is 0.353 e. The Labute approximate surface area is 177 Å². The first-order valence-electron chi connectivity index (χ1n) is 10.8. The van der Waals surface area contributed by atoms with E-state index in [1.54, 1.807) is 6.20 Å². The van der Waals surface area contributed by atoms with Gasteiger partial charge in [0.05, 0.1) is 5.56 Å². The topological polar surface area (TPSA) is 77.6 Å². The Bertz CT molecular complexity index is 856. The van der Waals surface area contributed by atoms with Gasteiger partial charge < -0.3 is 20.4 Å². The van der Waals surface area contributed by atoms with Gasteiger partial charge >= 0.3 is 0 Å². The maximum Gasteiger partial charge on any atom is 0.252 e. The molecule has 30 heavy (non-hydrogen) atoms. The van der Waals surface area contributed by atoms with Crippen molar-refractivity contribution in [3.8, 4) is 0 Å². The Balaban J connectivity index is 1.27.